The van der Waals surface area contributed by atoms with Crippen LogP contribution in [-0.4, -0.2) is 38.6 Å². The van der Waals surface area contributed by atoms with Gasteiger partial charge in [0.05, 0.1) is 23.3 Å². The second kappa shape index (κ2) is 8.78. The Balaban J connectivity index is 1.94. The van der Waals surface area contributed by atoms with Crippen molar-refractivity contribution in [3.63, 3.8) is 0 Å². The van der Waals surface area contributed by atoms with Crippen LogP contribution in [0, 0.1) is 22.7 Å². The third kappa shape index (κ3) is 3.91. The van der Waals surface area contributed by atoms with Gasteiger partial charge >= 0.3 is 0 Å². The highest BCUT2D eigenvalue weighted by Gasteiger charge is 2.37. The summed E-state index contributed by atoms with van der Waals surface area (Å²) in [7, 11) is 0. The van der Waals surface area contributed by atoms with E-state index in [0.717, 1.165) is 43.4 Å². The largest absolute Gasteiger partial charge is 0.381 e. The van der Waals surface area contributed by atoms with Crippen LogP contribution < -0.4 is 0 Å². The van der Waals surface area contributed by atoms with E-state index < -0.39 is 6.10 Å². The highest BCUT2D eigenvalue weighted by atomic mass is 16.5. The fourth-order valence-corrected chi connectivity index (χ4v) is 3.29. The minimum absolute atomic E-state index is 0.331. The molecule has 0 spiro atoms. The standard InChI is InChI=1S/C20H22N2O3/c21-13-16-15-7-1-2-8-18-19(15)17(14-22)20(16)25-12-6-4-10-23-9-3-5-11-24-18/h1-2,7-8,18,20H,3-6,9-12H2. The Morgan fingerprint density at radius 2 is 1.52 bits per heavy atom. The molecule has 2 unspecified atom stereocenters. The molecule has 2 aliphatic carbocycles. The predicted octanol–water partition coefficient (Wildman–Crippen LogP) is 3.13. The maximum absolute atomic E-state index is 9.73. The second-order valence-electron chi connectivity index (χ2n) is 6.19. The Hall–Kier alpha value is -2.18. The molecule has 2 bridgehead atoms. The van der Waals surface area contributed by atoms with E-state index in [1.807, 2.05) is 24.3 Å². The number of hydrogen-bond donors (Lipinski definition) is 0. The van der Waals surface area contributed by atoms with E-state index >= 15 is 0 Å². The molecule has 2 atom stereocenters. The fraction of sp³-hybridized carbons (Fsp3) is 0.500. The quantitative estimate of drug-likeness (QED) is 0.678. The third-order valence-electron chi connectivity index (χ3n) is 4.53. The van der Waals surface area contributed by atoms with Gasteiger partial charge in [-0.05, 0) is 31.3 Å². The first-order valence-corrected chi connectivity index (χ1v) is 8.81. The number of nitriles is 2. The zero-order valence-electron chi connectivity index (χ0n) is 14.2. The zero-order valence-corrected chi connectivity index (χ0v) is 14.2. The van der Waals surface area contributed by atoms with Gasteiger partial charge in [-0.3, -0.25) is 0 Å². The highest BCUT2D eigenvalue weighted by Crippen LogP contribution is 2.39. The van der Waals surface area contributed by atoms with E-state index in [0.29, 0.717) is 31.0 Å². The predicted molar refractivity (Wildman–Crippen MR) is 92.3 cm³/mol. The molecule has 0 saturated heterocycles. The Kier molecular flexibility index (Phi) is 6.19. The molecule has 0 saturated carbocycles. The third-order valence-corrected chi connectivity index (χ3v) is 4.53. The summed E-state index contributed by atoms with van der Waals surface area (Å²) in [5.74, 6) is 0. The molecule has 25 heavy (non-hydrogen) atoms. The first-order chi connectivity index (χ1) is 12.4. The van der Waals surface area contributed by atoms with Gasteiger partial charge < -0.3 is 14.2 Å². The Morgan fingerprint density at radius 3 is 2.24 bits per heavy atom. The Bertz CT molecular complexity index is 703. The monoisotopic (exact) mass is 338 g/mol. The molecular formula is C20H22N2O3. The van der Waals surface area contributed by atoms with Crippen LogP contribution in [0.4, 0.5) is 0 Å². The van der Waals surface area contributed by atoms with Gasteiger partial charge in [0.15, 0.2) is 0 Å². The van der Waals surface area contributed by atoms with Crippen molar-refractivity contribution in [2.24, 2.45) is 0 Å². The molecule has 0 fully saturated rings. The first-order valence-electron chi connectivity index (χ1n) is 8.81. The van der Waals surface area contributed by atoms with Crippen molar-refractivity contribution < 1.29 is 14.2 Å². The molecule has 5 heteroatoms. The van der Waals surface area contributed by atoms with Crippen LogP contribution in [0.5, 0.6) is 0 Å². The van der Waals surface area contributed by atoms with E-state index in [2.05, 4.69) is 12.1 Å². The van der Waals surface area contributed by atoms with Gasteiger partial charge in [-0.2, -0.15) is 10.5 Å². The lowest BCUT2D eigenvalue weighted by Gasteiger charge is -2.17. The molecule has 3 rings (SSSR count). The summed E-state index contributed by atoms with van der Waals surface area (Å²) in [4.78, 5) is 0. The molecule has 5 nitrogen and oxygen atoms in total. The van der Waals surface area contributed by atoms with Gasteiger partial charge in [0.1, 0.15) is 12.2 Å². The summed E-state index contributed by atoms with van der Waals surface area (Å²) in [6.45, 7) is 2.53. The van der Waals surface area contributed by atoms with Crippen LogP contribution in [0.2, 0.25) is 0 Å². The minimum Gasteiger partial charge on any atom is -0.381 e. The summed E-state index contributed by atoms with van der Waals surface area (Å²) >= 11 is 0. The number of rotatable bonds is 0. The van der Waals surface area contributed by atoms with Crippen molar-refractivity contribution in [3.8, 4) is 12.1 Å². The van der Waals surface area contributed by atoms with Crippen LogP contribution in [-0.2, 0) is 14.2 Å². The van der Waals surface area contributed by atoms with Crippen LogP contribution in [0.3, 0.4) is 0 Å². The maximum Gasteiger partial charge on any atom is 0.128 e. The summed E-state index contributed by atoms with van der Waals surface area (Å²) in [6.07, 6.45) is 10.3. The van der Waals surface area contributed by atoms with Gasteiger partial charge in [-0.1, -0.05) is 24.3 Å². The molecule has 0 amide bonds. The van der Waals surface area contributed by atoms with Gasteiger partial charge in [0, 0.05) is 32.0 Å². The van der Waals surface area contributed by atoms with E-state index in [-0.39, 0.29) is 6.10 Å². The van der Waals surface area contributed by atoms with Crippen molar-refractivity contribution in [1.82, 2.24) is 0 Å². The molecule has 3 aliphatic rings. The molecule has 1 aliphatic heterocycles. The second-order valence-corrected chi connectivity index (χ2v) is 6.19. The van der Waals surface area contributed by atoms with Gasteiger partial charge in [0.25, 0.3) is 0 Å². The maximum atomic E-state index is 9.73. The lowest BCUT2D eigenvalue weighted by Crippen LogP contribution is -2.19. The average molecular weight is 338 g/mol. The molecule has 0 aromatic carbocycles. The van der Waals surface area contributed by atoms with E-state index in [1.54, 1.807) is 0 Å². The van der Waals surface area contributed by atoms with E-state index in [9.17, 15) is 10.5 Å². The van der Waals surface area contributed by atoms with Crippen LogP contribution >= 0.6 is 0 Å². The first kappa shape index (κ1) is 17.6. The summed E-state index contributed by atoms with van der Waals surface area (Å²) < 4.78 is 17.6. The van der Waals surface area contributed by atoms with Gasteiger partial charge in [-0.25, -0.2) is 0 Å². The lowest BCUT2D eigenvalue weighted by molar-refractivity contribution is 0.0821. The van der Waals surface area contributed by atoms with Crippen LogP contribution in [0.1, 0.15) is 25.7 Å². The van der Waals surface area contributed by atoms with E-state index in [1.165, 1.54) is 0 Å². The molecule has 0 radical (unpaired) electrons. The summed E-state index contributed by atoms with van der Waals surface area (Å²) in [5, 5.41) is 19.4. The molecular weight excluding hydrogens is 316 g/mol. The summed E-state index contributed by atoms with van der Waals surface area (Å²) in [5.41, 5.74) is 2.55. The van der Waals surface area contributed by atoms with Crippen molar-refractivity contribution in [3.05, 3.63) is 46.6 Å². The zero-order chi connectivity index (χ0) is 17.5. The van der Waals surface area contributed by atoms with Crippen molar-refractivity contribution in [1.29, 1.82) is 10.5 Å². The van der Waals surface area contributed by atoms with Crippen molar-refractivity contribution in [2.45, 2.75) is 37.9 Å². The molecule has 0 aromatic heterocycles. The Morgan fingerprint density at radius 1 is 0.840 bits per heavy atom. The van der Waals surface area contributed by atoms with Gasteiger partial charge in [-0.15, -0.1) is 0 Å². The molecule has 0 aromatic rings. The molecule has 130 valence electrons. The molecule has 1 heterocycles. The summed E-state index contributed by atoms with van der Waals surface area (Å²) in [6, 6.07) is 4.52. The van der Waals surface area contributed by atoms with Crippen LogP contribution in [0.15, 0.2) is 46.6 Å². The number of nitrogens with zero attached hydrogens (tertiary/aromatic N) is 2. The van der Waals surface area contributed by atoms with Crippen LogP contribution in [0.25, 0.3) is 0 Å². The average Bonchev–Trinajstić information content (AvgIpc) is 2.77. The Labute approximate surface area is 148 Å². The SMILES string of the molecule is N#CC1=C2C=CC=CC3OCCCCOCCCCOC1C(C#N)=C23. The normalized spacial score (nSPS) is 27.9. The lowest BCUT2D eigenvalue weighted by atomic mass is 10.0. The van der Waals surface area contributed by atoms with E-state index in [4.69, 9.17) is 14.2 Å². The number of allylic oxidation sites excluding steroid dienone is 3. The highest BCUT2D eigenvalue weighted by molar-refractivity contribution is 5.67. The topological polar surface area (TPSA) is 75.3 Å². The fourth-order valence-electron chi connectivity index (χ4n) is 3.29. The molecule has 0 N–H and O–H groups in total. The number of hydrogen-bond acceptors (Lipinski definition) is 5. The minimum atomic E-state index is -0.590. The van der Waals surface area contributed by atoms with Crippen molar-refractivity contribution >= 4 is 0 Å². The van der Waals surface area contributed by atoms with Crippen molar-refractivity contribution in [2.75, 3.05) is 26.4 Å². The smallest absolute Gasteiger partial charge is 0.128 e. The number of fused-ring (bicyclic) bond motifs is 1. The van der Waals surface area contributed by atoms with Gasteiger partial charge in [0.2, 0.25) is 0 Å². The number of ether oxygens (including phenoxy) is 3.